The molecule has 0 radical (unpaired) electrons. The van der Waals surface area contributed by atoms with Crippen molar-refractivity contribution in [1.82, 2.24) is 5.32 Å². The minimum absolute atomic E-state index is 0.0115. The van der Waals surface area contributed by atoms with E-state index in [0.29, 0.717) is 6.07 Å². The number of amides is 2. The summed E-state index contributed by atoms with van der Waals surface area (Å²) in [6, 6.07) is 6.12. The first-order chi connectivity index (χ1) is 12.4. The van der Waals surface area contributed by atoms with Gasteiger partial charge in [-0.15, -0.1) is 0 Å². The number of carbonyl (C=O) groups is 2. The van der Waals surface area contributed by atoms with Gasteiger partial charge in [-0.05, 0) is 24.3 Å². The van der Waals surface area contributed by atoms with Gasteiger partial charge in [0.1, 0.15) is 24.0 Å². The maximum atomic E-state index is 13.2. The van der Waals surface area contributed by atoms with Crippen LogP contribution in [0.4, 0.5) is 14.5 Å². The Morgan fingerprint density at radius 2 is 1.69 bits per heavy atom. The zero-order valence-corrected chi connectivity index (χ0v) is 13.3. The first-order valence-electron chi connectivity index (χ1n) is 7.36. The van der Waals surface area contributed by atoms with Crippen molar-refractivity contribution in [3.05, 3.63) is 59.2 Å². The normalized spacial score (nSPS) is 9.81. The second-order valence-electron chi connectivity index (χ2n) is 5.04. The largest absolute Gasteiger partial charge is 0.507 e. The Labute approximate surface area is 147 Å². The van der Waals surface area contributed by atoms with Gasteiger partial charge in [0.15, 0.2) is 0 Å². The van der Waals surface area contributed by atoms with E-state index in [4.69, 9.17) is 5.11 Å². The zero-order chi connectivity index (χ0) is 19.1. The quantitative estimate of drug-likeness (QED) is 0.623. The lowest BCUT2D eigenvalue weighted by atomic mass is 10.1. The molecule has 4 N–H and O–H groups in total. The highest BCUT2D eigenvalue weighted by molar-refractivity contribution is 6.05. The molecule has 0 unspecified atom stereocenters. The van der Waals surface area contributed by atoms with Crippen molar-refractivity contribution in [2.75, 3.05) is 18.5 Å². The molecule has 134 valence electrons. The Kier molecular flexibility index (Phi) is 6.25. The molecule has 2 amide bonds. The molecule has 0 spiro atoms. The highest BCUT2D eigenvalue weighted by Crippen LogP contribution is 2.22. The first kappa shape index (κ1) is 18.9. The number of aromatic hydroxyl groups is 1. The number of halogens is 2. The van der Waals surface area contributed by atoms with Gasteiger partial charge in [0, 0.05) is 23.4 Å². The third-order valence-electron chi connectivity index (χ3n) is 3.17. The number of phenolic OH excluding ortho intramolecular Hbond substituents is 1. The lowest BCUT2D eigenvalue weighted by molar-refractivity contribution is 0.0955. The summed E-state index contributed by atoms with van der Waals surface area (Å²) in [4.78, 5) is 23.9. The van der Waals surface area contributed by atoms with E-state index >= 15 is 0 Å². The molecule has 0 atom stereocenters. The molecule has 2 aromatic carbocycles. The molecule has 2 aromatic rings. The molecule has 0 fully saturated rings. The maximum absolute atomic E-state index is 13.2. The van der Waals surface area contributed by atoms with E-state index in [1.807, 2.05) is 0 Å². The minimum Gasteiger partial charge on any atom is -0.507 e. The molecule has 2 rings (SSSR count). The van der Waals surface area contributed by atoms with Crippen molar-refractivity contribution >= 4 is 17.5 Å². The number of anilines is 1. The first-order valence-corrected chi connectivity index (χ1v) is 7.36. The smallest absolute Gasteiger partial charge is 0.255 e. The molecular weight excluding hydrogens is 346 g/mol. The van der Waals surface area contributed by atoms with Gasteiger partial charge in [-0.3, -0.25) is 9.59 Å². The molecule has 0 heterocycles. The van der Waals surface area contributed by atoms with Crippen LogP contribution in [0.25, 0.3) is 0 Å². The van der Waals surface area contributed by atoms with Crippen LogP contribution in [0.2, 0.25) is 0 Å². The SMILES string of the molecule is O=C(Nc1ccc(C(=O)NCC#CCO)c(O)c1)c1cc(F)cc(F)c1. The third kappa shape index (κ3) is 5.03. The Hall–Kier alpha value is -3.44. The molecule has 6 nitrogen and oxygen atoms in total. The number of hydrogen-bond acceptors (Lipinski definition) is 4. The van der Waals surface area contributed by atoms with E-state index in [9.17, 15) is 23.5 Å². The number of carbonyl (C=O) groups excluding carboxylic acids is 2. The molecule has 0 aromatic heterocycles. The van der Waals surface area contributed by atoms with Crippen LogP contribution in [-0.4, -0.2) is 35.2 Å². The van der Waals surface area contributed by atoms with Crippen LogP contribution >= 0.6 is 0 Å². The number of nitrogens with one attached hydrogen (secondary N) is 2. The summed E-state index contributed by atoms with van der Waals surface area (Å²) >= 11 is 0. The summed E-state index contributed by atoms with van der Waals surface area (Å²) in [6.07, 6.45) is 0. The fourth-order valence-electron chi connectivity index (χ4n) is 2.03. The highest BCUT2D eigenvalue weighted by Gasteiger charge is 2.13. The van der Waals surface area contributed by atoms with E-state index in [1.165, 1.54) is 12.1 Å². The molecule has 0 aliphatic carbocycles. The molecular formula is C18H14F2N2O4. The highest BCUT2D eigenvalue weighted by atomic mass is 19.1. The topological polar surface area (TPSA) is 98.7 Å². The summed E-state index contributed by atoms with van der Waals surface area (Å²) in [5.41, 5.74) is -0.148. The van der Waals surface area contributed by atoms with Gasteiger partial charge in [-0.2, -0.15) is 0 Å². The maximum Gasteiger partial charge on any atom is 0.255 e. The molecule has 8 heteroatoms. The van der Waals surface area contributed by atoms with Gasteiger partial charge in [-0.1, -0.05) is 11.8 Å². The molecule has 0 aliphatic heterocycles. The van der Waals surface area contributed by atoms with Crippen molar-refractivity contribution in [2.24, 2.45) is 0 Å². The number of aliphatic hydroxyl groups is 1. The van der Waals surface area contributed by atoms with Crippen molar-refractivity contribution in [2.45, 2.75) is 0 Å². The van der Waals surface area contributed by atoms with Crippen molar-refractivity contribution in [1.29, 1.82) is 0 Å². The molecule has 26 heavy (non-hydrogen) atoms. The van der Waals surface area contributed by atoms with Gasteiger partial charge in [0.2, 0.25) is 0 Å². The fraction of sp³-hybridized carbons (Fsp3) is 0.111. The summed E-state index contributed by atoms with van der Waals surface area (Å²) in [7, 11) is 0. The number of phenols is 1. The number of hydrogen-bond donors (Lipinski definition) is 4. The summed E-state index contributed by atoms with van der Waals surface area (Å²) in [5, 5.41) is 23.2. The van der Waals surface area contributed by atoms with Crippen LogP contribution in [0.1, 0.15) is 20.7 Å². The van der Waals surface area contributed by atoms with Gasteiger partial charge < -0.3 is 20.8 Å². The third-order valence-corrected chi connectivity index (χ3v) is 3.17. The lowest BCUT2D eigenvalue weighted by Gasteiger charge is -2.09. The van der Waals surface area contributed by atoms with Crippen molar-refractivity contribution in [3.8, 4) is 17.6 Å². The van der Waals surface area contributed by atoms with Crippen LogP contribution in [0.3, 0.4) is 0 Å². The van der Waals surface area contributed by atoms with Gasteiger partial charge in [0.05, 0.1) is 12.1 Å². The van der Waals surface area contributed by atoms with E-state index < -0.39 is 29.2 Å². The van der Waals surface area contributed by atoms with Crippen LogP contribution in [0, 0.1) is 23.5 Å². The van der Waals surface area contributed by atoms with E-state index in [0.717, 1.165) is 18.2 Å². The Bertz CT molecular complexity index is 884. The van der Waals surface area contributed by atoms with Gasteiger partial charge >= 0.3 is 0 Å². The van der Waals surface area contributed by atoms with Gasteiger partial charge in [-0.25, -0.2) is 8.78 Å². The van der Waals surface area contributed by atoms with Crippen molar-refractivity contribution in [3.63, 3.8) is 0 Å². The monoisotopic (exact) mass is 360 g/mol. The summed E-state index contributed by atoms with van der Waals surface area (Å²) < 4.78 is 26.3. The minimum atomic E-state index is -0.894. The number of aliphatic hydroxyl groups excluding tert-OH is 1. The van der Waals surface area contributed by atoms with Crippen LogP contribution in [-0.2, 0) is 0 Å². The average Bonchev–Trinajstić information content (AvgIpc) is 2.57. The van der Waals surface area contributed by atoms with Crippen molar-refractivity contribution < 1.29 is 28.6 Å². The van der Waals surface area contributed by atoms with Crippen LogP contribution in [0.15, 0.2) is 36.4 Å². The van der Waals surface area contributed by atoms with E-state index in [-0.39, 0.29) is 30.0 Å². The number of rotatable bonds is 4. The van der Waals surface area contributed by atoms with Crippen LogP contribution in [0.5, 0.6) is 5.75 Å². The molecule has 0 saturated carbocycles. The summed E-state index contributed by atoms with van der Waals surface area (Å²) in [6.45, 7) is -0.340. The molecule has 0 saturated heterocycles. The molecule has 0 aliphatic rings. The predicted molar refractivity (Wildman–Crippen MR) is 89.6 cm³/mol. The Balaban J connectivity index is 2.09. The average molecular weight is 360 g/mol. The second kappa shape index (κ2) is 8.60. The second-order valence-corrected chi connectivity index (χ2v) is 5.04. The lowest BCUT2D eigenvalue weighted by Crippen LogP contribution is -2.23. The zero-order valence-electron chi connectivity index (χ0n) is 13.3. The summed E-state index contributed by atoms with van der Waals surface area (Å²) in [5.74, 6) is 1.27. The number of benzene rings is 2. The Morgan fingerprint density at radius 3 is 2.31 bits per heavy atom. The standard InChI is InChI=1S/C18H14F2N2O4/c19-12-7-11(8-13(20)9-12)17(25)22-14-3-4-15(16(24)10-14)18(26)21-5-1-2-6-23/h3-4,7-10,23-24H,5-6H2,(H,21,26)(H,22,25). The van der Waals surface area contributed by atoms with E-state index in [1.54, 1.807) is 0 Å². The fourth-order valence-corrected chi connectivity index (χ4v) is 2.03. The molecule has 0 bridgehead atoms. The van der Waals surface area contributed by atoms with Crippen LogP contribution < -0.4 is 10.6 Å². The predicted octanol–water partition coefficient (Wildman–Crippen LogP) is 1.65. The van der Waals surface area contributed by atoms with Gasteiger partial charge in [0.25, 0.3) is 11.8 Å². The van der Waals surface area contributed by atoms with E-state index in [2.05, 4.69) is 22.5 Å². The Morgan fingerprint density at radius 1 is 1.00 bits per heavy atom.